The monoisotopic (exact) mass is 186 g/mol. The normalized spacial score (nSPS) is 16.8. The van der Waals surface area contributed by atoms with Gasteiger partial charge in [0.05, 0.1) is 0 Å². The van der Waals surface area contributed by atoms with Crippen molar-refractivity contribution >= 4 is 11.9 Å². The maximum Gasteiger partial charge on any atom is 0.314 e. The fourth-order valence-electron chi connectivity index (χ4n) is 1.19. The van der Waals surface area contributed by atoms with Crippen LogP contribution in [0.15, 0.2) is 0 Å². The molecule has 0 spiro atoms. The highest BCUT2D eigenvalue weighted by atomic mass is 16.2. The van der Waals surface area contributed by atoms with Crippen molar-refractivity contribution in [3.63, 3.8) is 0 Å². The number of amides is 3. The van der Waals surface area contributed by atoms with Gasteiger partial charge in [0.15, 0.2) is 0 Å². The lowest BCUT2D eigenvalue weighted by molar-refractivity contribution is -0.117. The summed E-state index contributed by atoms with van der Waals surface area (Å²) in [5.74, 6) is -0.321. The first-order valence-corrected chi connectivity index (χ1v) is 4.15. The molecular weight excluding hydrogens is 172 g/mol. The van der Waals surface area contributed by atoms with Crippen LogP contribution in [0.25, 0.3) is 0 Å². The molecule has 0 aromatic carbocycles. The van der Waals surface area contributed by atoms with Crippen LogP contribution in [0.5, 0.6) is 0 Å². The molecular formula is C7H14N4O2. The molecule has 1 aliphatic rings. The number of likely N-dealkylation sites (tertiary alicyclic amines) is 1. The molecule has 0 unspecified atom stereocenters. The van der Waals surface area contributed by atoms with E-state index in [-0.39, 0.29) is 11.9 Å². The van der Waals surface area contributed by atoms with E-state index >= 15 is 0 Å². The van der Waals surface area contributed by atoms with Gasteiger partial charge >= 0.3 is 6.03 Å². The van der Waals surface area contributed by atoms with Crippen molar-refractivity contribution in [2.45, 2.75) is 12.5 Å². The van der Waals surface area contributed by atoms with Crippen LogP contribution in [-0.2, 0) is 4.79 Å². The lowest BCUT2D eigenvalue weighted by Gasteiger charge is -2.38. The van der Waals surface area contributed by atoms with Crippen LogP contribution in [0.3, 0.4) is 0 Å². The molecule has 1 heterocycles. The lowest BCUT2D eigenvalue weighted by atomic mass is 10.1. The number of carbonyl (C=O) groups excluding carboxylic acids is 2. The minimum atomic E-state index is -0.395. The predicted molar refractivity (Wildman–Crippen MR) is 46.8 cm³/mol. The average molecular weight is 186 g/mol. The third-order valence-corrected chi connectivity index (χ3v) is 2.00. The van der Waals surface area contributed by atoms with E-state index < -0.39 is 6.03 Å². The Labute approximate surface area is 76.2 Å². The van der Waals surface area contributed by atoms with Gasteiger partial charge in [-0.2, -0.15) is 0 Å². The van der Waals surface area contributed by atoms with E-state index in [1.807, 2.05) is 0 Å². The first-order chi connectivity index (χ1) is 6.09. The zero-order valence-electron chi connectivity index (χ0n) is 7.32. The lowest BCUT2D eigenvalue weighted by Crippen LogP contribution is -2.61. The fourth-order valence-corrected chi connectivity index (χ4v) is 1.19. The van der Waals surface area contributed by atoms with E-state index in [1.165, 1.54) is 4.90 Å². The summed E-state index contributed by atoms with van der Waals surface area (Å²) in [5.41, 5.74) is 9.97. The number of nitrogens with zero attached hydrogens (tertiary/aromatic N) is 1. The minimum absolute atomic E-state index is 0.256. The summed E-state index contributed by atoms with van der Waals surface area (Å²) in [6, 6.07) is -0.139. The van der Waals surface area contributed by atoms with Crippen LogP contribution in [0.4, 0.5) is 4.79 Å². The minimum Gasteiger partial charge on any atom is -0.370 e. The Bertz CT molecular complexity index is 213. The number of hydrogen-bond donors (Lipinski definition) is 3. The number of nitrogens with one attached hydrogen (secondary N) is 1. The summed E-state index contributed by atoms with van der Waals surface area (Å²) in [4.78, 5) is 22.4. The number of primary amides is 2. The Balaban J connectivity index is 2.02. The van der Waals surface area contributed by atoms with Crippen LogP contribution in [0.2, 0.25) is 0 Å². The van der Waals surface area contributed by atoms with Gasteiger partial charge in [-0.15, -0.1) is 0 Å². The highest BCUT2D eigenvalue weighted by molar-refractivity contribution is 5.74. The second kappa shape index (κ2) is 4.08. The summed E-state index contributed by atoms with van der Waals surface area (Å²) in [6.07, 6.45) is 0.326. The van der Waals surface area contributed by atoms with Crippen molar-refractivity contribution in [3.05, 3.63) is 0 Å². The zero-order chi connectivity index (χ0) is 9.84. The van der Waals surface area contributed by atoms with Crippen molar-refractivity contribution in [1.29, 1.82) is 0 Å². The molecule has 0 saturated carbocycles. The van der Waals surface area contributed by atoms with Crippen molar-refractivity contribution in [2.24, 2.45) is 11.5 Å². The van der Waals surface area contributed by atoms with Crippen LogP contribution in [0.1, 0.15) is 6.42 Å². The van der Waals surface area contributed by atoms with Crippen molar-refractivity contribution in [2.75, 3.05) is 19.6 Å². The molecule has 5 N–H and O–H groups in total. The molecule has 1 saturated heterocycles. The first-order valence-electron chi connectivity index (χ1n) is 4.15. The van der Waals surface area contributed by atoms with Gasteiger partial charge in [0.2, 0.25) is 5.91 Å². The number of carbonyl (C=O) groups is 2. The molecule has 74 valence electrons. The van der Waals surface area contributed by atoms with Crippen LogP contribution in [0, 0.1) is 0 Å². The van der Waals surface area contributed by atoms with Crippen molar-refractivity contribution < 1.29 is 9.59 Å². The molecule has 1 aliphatic heterocycles. The zero-order valence-corrected chi connectivity index (χ0v) is 7.32. The van der Waals surface area contributed by atoms with Gasteiger partial charge in [0.25, 0.3) is 0 Å². The molecule has 0 radical (unpaired) electrons. The van der Waals surface area contributed by atoms with Crippen molar-refractivity contribution in [3.8, 4) is 0 Å². The molecule has 0 bridgehead atoms. The molecule has 0 aromatic heterocycles. The summed E-state index contributed by atoms with van der Waals surface area (Å²) in [6.45, 7) is 1.80. The van der Waals surface area contributed by atoms with E-state index in [1.54, 1.807) is 0 Å². The highest BCUT2D eigenvalue weighted by Gasteiger charge is 2.28. The standard InChI is InChI=1S/C7H14N4O2/c8-6(12)1-2-10-5-3-11(4-5)7(9)13/h5,10H,1-4H2,(H2,8,12)(H2,9,13). The first kappa shape index (κ1) is 9.79. The second-order valence-electron chi connectivity index (χ2n) is 3.11. The van der Waals surface area contributed by atoms with E-state index in [0.29, 0.717) is 26.1 Å². The quantitative estimate of drug-likeness (QED) is 0.483. The van der Waals surface area contributed by atoms with Crippen molar-refractivity contribution in [1.82, 2.24) is 10.2 Å². The van der Waals surface area contributed by atoms with Gasteiger partial charge in [-0.3, -0.25) is 4.79 Å². The molecule has 3 amide bonds. The molecule has 0 aliphatic carbocycles. The molecule has 13 heavy (non-hydrogen) atoms. The van der Waals surface area contributed by atoms with Gasteiger partial charge in [0.1, 0.15) is 0 Å². The number of nitrogens with two attached hydrogens (primary N) is 2. The summed E-state index contributed by atoms with van der Waals surface area (Å²) < 4.78 is 0. The van der Waals surface area contributed by atoms with Crippen LogP contribution in [-0.4, -0.2) is 42.5 Å². The number of hydrogen-bond acceptors (Lipinski definition) is 3. The third-order valence-electron chi connectivity index (χ3n) is 2.00. The molecule has 6 nitrogen and oxygen atoms in total. The Morgan fingerprint density at radius 2 is 2.00 bits per heavy atom. The third kappa shape index (κ3) is 2.90. The average Bonchev–Trinajstić information content (AvgIpc) is 1.92. The molecule has 0 aromatic rings. The van der Waals surface area contributed by atoms with E-state index in [9.17, 15) is 9.59 Å². The topological polar surface area (TPSA) is 101 Å². The maximum atomic E-state index is 10.6. The Morgan fingerprint density at radius 1 is 1.38 bits per heavy atom. The number of rotatable bonds is 4. The molecule has 6 heteroatoms. The Kier molecular flexibility index (Phi) is 3.07. The summed E-state index contributed by atoms with van der Waals surface area (Å²) in [5, 5.41) is 3.08. The summed E-state index contributed by atoms with van der Waals surface area (Å²) >= 11 is 0. The smallest absolute Gasteiger partial charge is 0.314 e. The van der Waals surface area contributed by atoms with E-state index in [4.69, 9.17) is 11.5 Å². The van der Waals surface area contributed by atoms with Gasteiger partial charge in [-0.25, -0.2) is 4.79 Å². The number of urea groups is 1. The fraction of sp³-hybridized carbons (Fsp3) is 0.714. The van der Waals surface area contributed by atoms with Gasteiger partial charge in [-0.1, -0.05) is 0 Å². The van der Waals surface area contributed by atoms with Crippen LogP contribution >= 0.6 is 0 Å². The molecule has 1 fully saturated rings. The van der Waals surface area contributed by atoms with E-state index in [0.717, 1.165) is 0 Å². The Morgan fingerprint density at radius 3 is 2.46 bits per heavy atom. The van der Waals surface area contributed by atoms with Gasteiger partial charge < -0.3 is 21.7 Å². The van der Waals surface area contributed by atoms with Gasteiger partial charge in [0, 0.05) is 32.1 Å². The van der Waals surface area contributed by atoms with Gasteiger partial charge in [-0.05, 0) is 0 Å². The van der Waals surface area contributed by atoms with Crippen LogP contribution < -0.4 is 16.8 Å². The SMILES string of the molecule is NC(=O)CCNC1CN(C(N)=O)C1. The second-order valence-corrected chi connectivity index (χ2v) is 3.11. The largest absolute Gasteiger partial charge is 0.370 e. The highest BCUT2D eigenvalue weighted by Crippen LogP contribution is 2.05. The maximum absolute atomic E-state index is 10.6. The predicted octanol–water partition coefficient (Wildman–Crippen LogP) is -1.79. The Hall–Kier alpha value is -1.30. The summed E-state index contributed by atoms with van der Waals surface area (Å²) in [7, 11) is 0. The van der Waals surface area contributed by atoms with E-state index in [2.05, 4.69) is 5.32 Å². The molecule has 0 atom stereocenters. The molecule has 1 rings (SSSR count).